The highest BCUT2D eigenvalue weighted by Crippen LogP contribution is 2.45. The molecule has 6 nitrogen and oxygen atoms in total. The fourth-order valence-corrected chi connectivity index (χ4v) is 5.34. The molecule has 2 fully saturated rings. The molecule has 1 saturated heterocycles. The first kappa shape index (κ1) is 14.3. The van der Waals surface area contributed by atoms with Gasteiger partial charge in [-0.3, -0.25) is 4.79 Å². The van der Waals surface area contributed by atoms with Crippen LogP contribution in [-0.4, -0.2) is 43.0 Å². The second kappa shape index (κ2) is 4.99. The van der Waals surface area contributed by atoms with E-state index in [0.29, 0.717) is 12.2 Å². The van der Waals surface area contributed by atoms with E-state index in [1.165, 1.54) is 23.5 Å². The van der Waals surface area contributed by atoms with E-state index in [1.54, 1.807) is 12.1 Å². The van der Waals surface area contributed by atoms with Crippen LogP contribution in [0.25, 0.3) is 0 Å². The Bertz CT molecular complexity index is 654. The average molecular weight is 311 g/mol. The van der Waals surface area contributed by atoms with Crippen LogP contribution in [0, 0.1) is 5.92 Å². The number of carboxylic acid groups (broad SMARTS) is 1. The lowest BCUT2D eigenvalue weighted by Crippen LogP contribution is -2.48. The van der Waals surface area contributed by atoms with Crippen molar-refractivity contribution in [3.8, 4) is 5.75 Å². The van der Waals surface area contributed by atoms with Crippen LogP contribution in [0.3, 0.4) is 0 Å². The molecule has 1 N–H and O–H groups in total. The Balaban J connectivity index is 1.98. The summed E-state index contributed by atoms with van der Waals surface area (Å²) >= 11 is 0. The van der Waals surface area contributed by atoms with Crippen molar-refractivity contribution in [2.75, 3.05) is 7.11 Å². The van der Waals surface area contributed by atoms with Gasteiger partial charge in [0.2, 0.25) is 10.0 Å². The van der Waals surface area contributed by atoms with E-state index in [0.717, 1.165) is 12.8 Å². The molecular formula is C14H17NO5S. The third kappa shape index (κ3) is 2.20. The fraction of sp³-hybridized carbons (Fsp3) is 0.500. The molecule has 1 saturated carbocycles. The zero-order valence-electron chi connectivity index (χ0n) is 11.6. The third-order valence-corrected chi connectivity index (χ3v) is 6.36. The van der Waals surface area contributed by atoms with E-state index in [4.69, 9.17) is 4.74 Å². The van der Waals surface area contributed by atoms with E-state index in [2.05, 4.69) is 0 Å². The summed E-state index contributed by atoms with van der Waals surface area (Å²) in [5, 5.41) is 9.37. The molecule has 7 heteroatoms. The molecule has 0 spiro atoms. The van der Waals surface area contributed by atoms with Gasteiger partial charge in [-0.25, -0.2) is 8.42 Å². The summed E-state index contributed by atoms with van der Waals surface area (Å²) in [6.45, 7) is 0. The number of benzene rings is 1. The van der Waals surface area contributed by atoms with Gasteiger partial charge in [0.1, 0.15) is 11.8 Å². The van der Waals surface area contributed by atoms with Crippen LogP contribution in [0.4, 0.5) is 0 Å². The number of sulfonamides is 1. The maximum atomic E-state index is 12.8. The van der Waals surface area contributed by atoms with Gasteiger partial charge < -0.3 is 9.84 Å². The van der Waals surface area contributed by atoms with Crippen LogP contribution < -0.4 is 4.74 Å². The van der Waals surface area contributed by atoms with Gasteiger partial charge in [-0.1, -0.05) is 0 Å². The number of aliphatic carboxylic acids is 1. The molecule has 0 amide bonds. The summed E-state index contributed by atoms with van der Waals surface area (Å²) in [5.41, 5.74) is 0. The molecule has 0 radical (unpaired) electrons. The standard InChI is InChI=1S/C14H17NO5S/c1-20-11-4-6-12(7-5-11)21(18,19)15-10-3-2-9(8-10)13(15)14(16)17/h4-7,9-10,13H,2-3,8H2,1H3,(H,16,17)/t9-,10+,13-/m0/s1. The van der Waals surface area contributed by atoms with Crippen molar-refractivity contribution in [3.05, 3.63) is 24.3 Å². The Hall–Kier alpha value is -1.60. The normalized spacial score (nSPS) is 28.7. The number of carbonyl (C=O) groups is 1. The third-order valence-electron chi connectivity index (χ3n) is 4.41. The molecular weight excluding hydrogens is 294 g/mol. The molecule has 0 unspecified atom stereocenters. The van der Waals surface area contributed by atoms with Gasteiger partial charge in [0.25, 0.3) is 0 Å². The Labute approximate surface area is 123 Å². The van der Waals surface area contributed by atoms with Gasteiger partial charge in [0.15, 0.2) is 0 Å². The minimum absolute atomic E-state index is 0.0690. The maximum absolute atomic E-state index is 12.8. The van der Waals surface area contributed by atoms with Gasteiger partial charge in [0.05, 0.1) is 12.0 Å². The van der Waals surface area contributed by atoms with Crippen LogP contribution in [0.5, 0.6) is 5.75 Å². The Morgan fingerprint density at radius 3 is 2.52 bits per heavy atom. The quantitative estimate of drug-likeness (QED) is 0.906. The lowest BCUT2D eigenvalue weighted by Gasteiger charge is -2.31. The van der Waals surface area contributed by atoms with Gasteiger partial charge >= 0.3 is 5.97 Å². The highest BCUT2D eigenvalue weighted by atomic mass is 32.2. The summed E-state index contributed by atoms with van der Waals surface area (Å²) in [4.78, 5) is 11.6. The van der Waals surface area contributed by atoms with Crippen molar-refractivity contribution in [2.45, 2.75) is 36.2 Å². The van der Waals surface area contributed by atoms with Crippen molar-refractivity contribution < 1.29 is 23.1 Å². The fourth-order valence-electron chi connectivity index (χ4n) is 3.47. The minimum atomic E-state index is -3.79. The number of hydrogen-bond acceptors (Lipinski definition) is 4. The van der Waals surface area contributed by atoms with Crippen molar-refractivity contribution in [1.82, 2.24) is 4.31 Å². The Kier molecular flexibility index (Phi) is 3.41. The number of methoxy groups -OCH3 is 1. The van der Waals surface area contributed by atoms with E-state index in [1.807, 2.05) is 0 Å². The smallest absolute Gasteiger partial charge is 0.322 e. The zero-order chi connectivity index (χ0) is 15.2. The molecule has 1 aromatic carbocycles. The summed E-state index contributed by atoms with van der Waals surface area (Å²) < 4.78 is 31.7. The number of ether oxygens (including phenoxy) is 1. The van der Waals surface area contributed by atoms with E-state index in [9.17, 15) is 18.3 Å². The molecule has 1 aliphatic heterocycles. The highest BCUT2D eigenvalue weighted by Gasteiger charge is 2.54. The predicted octanol–water partition coefficient (Wildman–Crippen LogP) is 1.32. The number of carboxylic acids is 1. The number of rotatable bonds is 4. The summed E-state index contributed by atoms with van der Waals surface area (Å²) in [6, 6.07) is 4.92. The number of piperidine rings is 1. The monoisotopic (exact) mass is 311 g/mol. The molecule has 114 valence electrons. The Morgan fingerprint density at radius 2 is 1.95 bits per heavy atom. The minimum Gasteiger partial charge on any atom is -0.497 e. The molecule has 3 atom stereocenters. The maximum Gasteiger partial charge on any atom is 0.322 e. The molecule has 21 heavy (non-hydrogen) atoms. The number of hydrogen-bond donors (Lipinski definition) is 1. The summed E-state index contributed by atoms with van der Waals surface area (Å²) in [7, 11) is -2.29. The predicted molar refractivity (Wildman–Crippen MR) is 74.6 cm³/mol. The molecule has 1 aromatic rings. The Morgan fingerprint density at radius 1 is 1.29 bits per heavy atom. The second-order valence-corrected chi connectivity index (χ2v) is 7.36. The molecule has 0 aromatic heterocycles. The van der Waals surface area contributed by atoms with Crippen LogP contribution in [0.2, 0.25) is 0 Å². The first-order chi connectivity index (χ1) is 9.95. The van der Waals surface area contributed by atoms with Crippen molar-refractivity contribution >= 4 is 16.0 Å². The lowest BCUT2D eigenvalue weighted by atomic mass is 10.0. The molecule has 1 heterocycles. The molecule has 3 rings (SSSR count). The number of nitrogens with zero attached hydrogens (tertiary/aromatic N) is 1. The topological polar surface area (TPSA) is 83.9 Å². The van der Waals surface area contributed by atoms with E-state index in [-0.39, 0.29) is 16.9 Å². The van der Waals surface area contributed by atoms with E-state index < -0.39 is 22.0 Å². The van der Waals surface area contributed by atoms with Gasteiger partial charge in [-0.15, -0.1) is 0 Å². The number of fused-ring (bicyclic) bond motifs is 2. The first-order valence-corrected chi connectivity index (χ1v) is 8.29. The summed E-state index contributed by atoms with van der Waals surface area (Å²) in [6.07, 6.45) is 2.17. The van der Waals surface area contributed by atoms with Crippen LogP contribution in [0.15, 0.2) is 29.2 Å². The SMILES string of the molecule is COc1ccc(S(=O)(=O)N2[C@@H]3CC[C@@H](C3)[C@H]2C(=O)O)cc1. The molecule has 1 aliphatic carbocycles. The van der Waals surface area contributed by atoms with Gasteiger partial charge in [-0.05, 0) is 49.4 Å². The van der Waals surface area contributed by atoms with Crippen LogP contribution in [0.1, 0.15) is 19.3 Å². The molecule has 2 bridgehead atoms. The average Bonchev–Trinajstić information content (AvgIpc) is 3.08. The zero-order valence-corrected chi connectivity index (χ0v) is 12.4. The second-order valence-electron chi connectivity index (χ2n) is 5.52. The van der Waals surface area contributed by atoms with E-state index >= 15 is 0 Å². The van der Waals surface area contributed by atoms with Crippen molar-refractivity contribution in [2.24, 2.45) is 5.92 Å². The van der Waals surface area contributed by atoms with Crippen LogP contribution >= 0.6 is 0 Å². The first-order valence-electron chi connectivity index (χ1n) is 6.85. The highest BCUT2D eigenvalue weighted by molar-refractivity contribution is 7.89. The molecule has 2 aliphatic rings. The lowest BCUT2D eigenvalue weighted by molar-refractivity contribution is -0.142. The van der Waals surface area contributed by atoms with Gasteiger partial charge in [-0.2, -0.15) is 4.31 Å². The van der Waals surface area contributed by atoms with Gasteiger partial charge in [0, 0.05) is 6.04 Å². The summed E-state index contributed by atoms with van der Waals surface area (Å²) in [5.74, 6) is -0.563. The van der Waals surface area contributed by atoms with Crippen molar-refractivity contribution in [1.29, 1.82) is 0 Å². The largest absolute Gasteiger partial charge is 0.497 e. The van der Waals surface area contributed by atoms with Crippen LogP contribution in [-0.2, 0) is 14.8 Å². The van der Waals surface area contributed by atoms with Crippen molar-refractivity contribution in [3.63, 3.8) is 0 Å².